The first-order valence-electron chi connectivity index (χ1n) is 5.65. The van der Waals surface area contributed by atoms with E-state index in [1.54, 1.807) is 24.3 Å². The fourth-order valence-electron chi connectivity index (χ4n) is 1.38. The van der Waals surface area contributed by atoms with Crippen molar-refractivity contribution in [1.82, 2.24) is 5.09 Å². The summed E-state index contributed by atoms with van der Waals surface area (Å²) < 4.78 is 21.7. The molecule has 0 fully saturated rings. The summed E-state index contributed by atoms with van der Waals surface area (Å²) in [5, 5.41) is 2.67. The molecule has 0 heterocycles. The van der Waals surface area contributed by atoms with Crippen LogP contribution in [0.4, 0.5) is 0 Å². The van der Waals surface area contributed by atoms with Crippen LogP contribution in [0.1, 0.15) is 13.8 Å². The second-order valence-electron chi connectivity index (χ2n) is 4.09. The monoisotopic (exact) mass is 271 g/mol. The number of benzene rings is 1. The molecule has 0 radical (unpaired) electrons. The summed E-state index contributed by atoms with van der Waals surface area (Å²) in [5.74, 6) is 0.0204. The largest absolute Gasteiger partial charge is 0.468 e. The van der Waals surface area contributed by atoms with Crippen molar-refractivity contribution in [3.05, 3.63) is 30.3 Å². The van der Waals surface area contributed by atoms with E-state index in [1.807, 2.05) is 19.9 Å². The lowest BCUT2D eigenvalue weighted by molar-refractivity contribution is -0.143. The van der Waals surface area contributed by atoms with E-state index in [9.17, 15) is 9.36 Å². The third-order valence-corrected chi connectivity index (χ3v) is 3.32. The quantitative estimate of drug-likeness (QED) is 0.635. The molecule has 2 atom stereocenters. The third-order valence-electron chi connectivity index (χ3n) is 2.35. The predicted octanol–water partition coefficient (Wildman–Crippen LogP) is 2.24. The van der Waals surface area contributed by atoms with Crippen molar-refractivity contribution in [3.8, 4) is 5.75 Å². The number of hydrogen-bond acceptors (Lipinski definition) is 4. The standard InChI is InChI=1S/C12H18NO4P/c1-9(2)11(12(14)16-3)13-18(15)17-10-7-5-4-6-8-10/h4-9,11,18H,1-3H3,(H,13,15)/t11-/m0/s1. The van der Waals surface area contributed by atoms with E-state index in [1.165, 1.54) is 7.11 Å². The maximum absolute atomic E-state index is 11.8. The van der Waals surface area contributed by atoms with E-state index in [-0.39, 0.29) is 5.92 Å². The average Bonchev–Trinajstić information content (AvgIpc) is 2.36. The molecule has 0 aliphatic rings. The van der Waals surface area contributed by atoms with Crippen molar-refractivity contribution < 1.29 is 18.6 Å². The number of hydrogen-bond donors (Lipinski definition) is 1. The molecule has 1 rings (SSSR count). The average molecular weight is 271 g/mol. The molecular weight excluding hydrogens is 253 g/mol. The van der Waals surface area contributed by atoms with E-state index >= 15 is 0 Å². The summed E-state index contributed by atoms with van der Waals surface area (Å²) >= 11 is 0. The molecule has 0 saturated carbocycles. The molecule has 0 aliphatic carbocycles. The highest BCUT2D eigenvalue weighted by Crippen LogP contribution is 2.24. The summed E-state index contributed by atoms with van der Waals surface area (Å²) in [6, 6.07) is 8.17. The highest BCUT2D eigenvalue weighted by Gasteiger charge is 2.24. The van der Waals surface area contributed by atoms with Crippen LogP contribution in [0.3, 0.4) is 0 Å². The molecule has 1 N–H and O–H groups in total. The molecule has 1 aromatic carbocycles. The van der Waals surface area contributed by atoms with Gasteiger partial charge in [-0.2, -0.15) is 0 Å². The molecule has 0 amide bonds. The lowest BCUT2D eigenvalue weighted by atomic mass is 10.1. The van der Waals surface area contributed by atoms with Crippen molar-refractivity contribution in [2.24, 2.45) is 5.92 Å². The molecule has 100 valence electrons. The lowest BCUT2D eigenvalue weighted by Gasteiger charge is -2.19. The van der Waals surface area contributed by atoms with E-state index in [2.05, 4.69) is 9.82 Å². The van der Waals surface area contributed by atoms with Gasteiger partial charge >= 0.3 is 14.1 Å². The highest BCUT2D eigenvalue weighted by atomic mass is 31.1. The number of methoxy groups -OCH3 is 1. The van der Waals surface area contributed by atoms with Crippen LogP contribution in [0, 0.1) is 5.92 Å². The molecule has 0 aliphatic heterocycles. The summed E-state index contributed by atoms with van der Waals surface area (Å²) in [7, 11) is -1.24. The van der Waals surface area contributed by atoms with Crippen LogP contribution < -0.4 is 9.61 Å². The summed E-state index contributed by atoms with van der Waals surface area (Å²) in [6.45, 7) is 3.68. The predicted molar refractivity (Wildman–Crippen MR) is 69.8 cm³/mol. The van der Waals surface area contributed by atoms with Gasteiger partial charge in [-0.15, -0.1) is 0 Å². The first-order chi connectivity index (χ1) is 8.54. The Balaban J connectivity index is 2.60. The second kappa shape index (κ2) is 7.19. The minimum atomic E-state index is -2.54. The van der Waals surface area contributed by atoms with Crippen LogP contribution in [0.25, 0.3) is 0 Å². The van der Waals surface area contributed by atoms with Crippen molar-refractivity contribution in [3.63, 3.8) is 0 Å². The molecule has 1 aromatic rings. The first kappa shape index (κ1) is 14.7. The Labute approximate surface area is 107 Å². The normalized spacial score (nSPS) is 14.0. The van der Waals surface area contributed by atoms with E-state index in [0.29, 0.717) is 5.75 Å². The number of esters is 1. The van der Waals surface area contributed by atoms with Gasteiger partial charge in [0.25, 0.3) is 0 Å². The van der Waals surface area contributed by atoms with E-state index in [0.717, 1.165) is 0 Å². The van der Waals surface area contributed by atoms with Crippen molar-refractivity contribution >= 4 is 14.1 Å². The van der Waals surface area contributed by atoms with Crippen LogP contribution in [0.5, 0.6) is 5.75 Å². The first-order valence-corrected chi connectivity index (χ1v) is 6.97. The fraction of sp³-hybridized carbons (Fsp3) is 0.417. The smallest absolute Gasteiger partial charge is 0.323 e. The number of para-hydroxylation sites is 1. The van der Waals surface area contributed by atoms with Gasteiger partial charge in [-0.25, -0.2) is 5.09 Å². The van der Waals surface area contributed by atoms with Gasteiger partial charge in [0.1, 0.15) is 11.8 Å². The zero-order chi connectivity index (χ0) is 13.5. The van der Waals surface area contributed by atoms with Gasteiger partial charge in [0, 0.05) is 0 Å². The molecule has 0 aromatic heterocycles. The Morgan fingerprint density at radius 2 is 1.89 bits per heavy atom. The molecule has 6 heteroatoms. The Kier molecular flexibility index (Phi) is 5.89. The van der Waals surface area contributed by atoms with Crippen LogP contribution in [0.15, 0.2) is 30.3 Å². The molecule has 18 heavy (non-hydrogen) atoms. The van der Waals surface area contributed by atoms with Crippen LogP contribution in [-0.4, -0.2) is 19.1 Å². The molecule has 1 unspecified atom stereocenters. The number of ether oxygens (including phenoxy) is 1. The van der Waals surface area contributed by atoms with Crippen LogP contribution in [-0.2, 0) is 14.1 Å². The Morgan fingerprint density at radius 3 is 2.39 bits per heavy atom. The SMILES string of the molecule is COC(=O)[C@@H](N[PH](=O)Oc1ccccc1)C(C)C. The van der Waals surface area contributed by atoms with Crippen molar-refractivity contribution in [1.29, 1.82) is 0 Å². The Bertz CT molecular complexity index is 408. The van der Waals surface area contributed by atoms with E-state index < -0.39 is 20.2 Å². The molecular formula is C12H18NO4P. The fourth-order valence-corrected chi connectivity index (χ4v) is 2.49. The maximum Gasteiger partial charge on any atom is 0.323 e. The molecule has 5 nitrogen and oxygen atoms in total. The highest BCUT2D eigenvalue weighted by molar-refractivity contribution is 7.37. The van der Waals surface area contributed by atoms with Gasteiger partial charge in [-0.1, -0.05) is 32.0 Å². The number of nitrogens with one attached hydrogen (secondary N) is 1. The summed E-state index contributed by atoms with van der Waals surface area (Å²) in [6.07, 6.45) is 0. The Morgan fingerprint density at radius 1 is 1.28 bits per heavy atom. The van der Waals surface area contributed by atoms with Crippen LogP contribution >= 0.6 is 8.18 Å². The second-order valence-corrected chi connectivity index (χ2v) is 5.16. The number of carbonyl (C=O) groups is 1. The molecule has 0 saturated heterocycles. The lowest BCUT2D eigenvalue weighted by Crippen LogP contribution is -2.38. The van der Waals surface area contributed by atoms with Crippen LogP contribution in [0.2, 0.25) is 0 Å². The molecule has 0 bridgehead atoms. The zero-order valence-corrected chi connectivity index (χ0v) is 11.7. The summed E-state index contributed by atoms with van der Waals surface area (Å²) in [5.41, 5.74) is 0. The van der Waals surface area contributed by atoms with Gasteiger partial charge < -0.3 is 9.26 Å². The summed E-state index contributed by atoms with van der Waals surface area (Å²) in [4.78, 5) is 11.5. The minimum absolute atomic E-state index is 0.0363. The van der Waals surface area contributed by atoms with Gasteiger partial charge in [-0.05, 0) is 18.1 Å². The zero-order valence-electron chi connectivity index (χ0n) is 10.7. The maximum atomic E-state index is 11.8. The van der Waals surface area contributed by atoms with Crippen molar-refractivity contribution in [2.45, 2.75) is 19.9 Å². The van der Waals surface area contributed by atoms with Crippen molar-refractivity contribution in [2.75, 3.05) is 7.11 Å². The number of rotatable bonds is 6. The van der Waals surface area contributed by atoms with Gasteiger partial charge in [0.05, 0.1) is 7.11 Å². The molecule has 0 spiro atoms. The van der Waals surface area contributed by atoms with Gasteiger partial charge in [-0.3, -0.25) is 9.36 Å². The third kappa shape index (κ3) is 4.51. The Hall–Kier alpha value is -1.32. The number of carbonyl (C=O) groups excluding carboxylic acids is 1. The topological polar surface area (TPSA) is 64.6 Å². The van der Waals surface area contributed by atoms with Gasteiger partial charge in [0.2, 0.25) is 0 Å². The minimum Gasteiger partial charge on any atom is -0.468 e. The van der Waals surface area contributed by atoms with E-state index in [4.69, 9.17) is 4.52 Å². The van der Waals surface area contributed by atoms with Gasteiger partial charge in [0.15, 0.2) is 0 Å².